The van der Waals surface area contributed by atoms with E-state index < -0.39 is 0 Å². The van der Waals surface area contributed by atoms with Crippen LogP contribution in [0.4, 0.5) is 5.82 Å². The minimum absolute atomic E-state index is 0.0178. The third kappa shape index (κ3) is 4.14. The van der Waals surface area contributed by atoms with Crippen LogP contribution in [0.3, 0.4) is 0 Å². The lowest BCUT2D eigenvalue weighted by Gasteiger charge is -2.30. The summed E-state index contributed by atoms with van der Waals surface area (Å²) in [5, 5.41) is 4.17. The van der Waals surface area contributed by atoms with Crippen LogP contribution in [0.1, 0.15) is 31.2 Å². The molecular formula is C23H24N6O2. The molecule has 0 spiro atoms. The lowest BCUT2D eigenvalue weighted by molar-refractivity contribution is -0.122. The van der Waals surface area contributed by atoms with Crippen molar-refractivity contribution in [1.29, 1.82) is 0 Å². The fraction of sp³-hybridized carbons (Fsp3) is 0.304. The summed E-state index contributed by atoms with van der Waals surface area (Å²) in [6.45, 7) is 1.25. The second kappa shape index (κ2) is 8.59. The van der Waals surface area contributed by atoms with Gasteiger partial charge in [-0.15, -0.1) is 0 Å². The van der Waals surface area contributed by atoms with Crippen LogP contribution in [0.5, 0.6) is 0 Å². The molecule has 0 aliphatic carbocycles. The largest absolute Gasteiger partial charge is 0.464 e. The van der Waals surface area contributed by atoms with E-state index in [2.05, 4.69) is 20.2 Å². The van der Waals surface area contributed by atoms with Crippen LogP contribution in [0, 0.1) is 0 Å². The minimum atomic E-state index is -0.264. The second-order valence-electron chi connectivity index (χ2n) is 7.75. The number of nitrogens with one attached hydrogen (secondary N) is 1. The van der Waals surface area contributed by atoms with Gasteiger partial charge in [-0.05, 0) is 36.6 Å². The highest BCUT2D eigenvalue weighted by atomic mass is 16.3. The number of furan rings is 1. The van der Waals surface area contributed by atoms with Gasteiger partial charge in [-0.2, -0.15) is 4.98 Å². The van der Waals surface area contributed by atoms with Crippen molar-refractivity contribution in [2.75, 3.05) is 11.4 Å². The van der Waals surface area contributed by atoms with Crippen LogP contribution in [-0.4, -0.2) is 38.0 Å². The molecule has 1 unspecified atom stereocenters. The Morgan fingerprint density at radius 2 is 2.13 bits per heavy atom. The lowest BCUT2D eigenvalue weighted by atomic mass is 10.1. The van der Waals surface area contributed by atoms with Crippen LogP contribution < -0.4 is 10.2 Å². The monoisotopic (exact) mass is 416 g/mol. The van der Waals surface area contributed by atoms with Crippen molar-refractivity contribution < 1.29 is 9.21 Å². The zero-order valence-corrected chi connectivity index (χ0v) is 17.1. The first-order valence-electron chi connectivity index (χ1n) is 10.6. The zero-order chi connectivity index (χ0) is 21.0. The number of benzene rings is 1. The van der Waals surface area contributed by atoms with Crippen molar-refractivity contribution in [3.05, 3.63) is 67.1 Å². The van der Waals surface area contributed by atoms with Gasteiger partial charge in [0.25, 0.3) is 0 Å². The first kappa shape index (κ1) is 19.3. The predicted molar refractivity (Wildman–Crippen MR) is 117 cm³/mol. The van der Waals surface area contributed by atoms with Gasteiger partial charge in [-0.3, -0.25) is 9.36 Å². The quantitative estimate of drug-likeness (QED) is 0.536. The third-order valence-corrected chi connectivity index (χ3v) is 5.70. The lowest BCUT2D eigenvalue weighted by Crippen LogP contribution is -2.47. The van der Waals surface area contributed by atoms with E-state index in [1.54, 1.807) is 29.6 Å². The van der Waals surface area contributed by atoms with Crippen LogP contribution >= 0.6 is 0 Å². The molecule has 1 aliphatic heterocycles. The fourth-order valence-corrected chi connectivity index (χ4v) is 4.07. The van der Waals surface area contributed by atoms with Gasteiger partial charge >= 0.3 is 0 Å². The summed E-state index contributed by atoms with van der Waals surface area (Å²) < 4.78 is 7.24. The number of hydrogen-bond donors (Lipinski definition) is 1. The van der Waals surface area contributed by atoms with Crippen molar-refractivity contribution in [2.45, 2.75) is 38.3 Å². The van der Waals surface area contributed by atoms with E-state index in [-0.39, 0.29) is 11.9 Å². The number of amides is 1. The molecule has 8 nitrogen and oxygen atoms in total. The van der Waals surface area contributed by atoms with E-state index >= 15 is 0 Å². The van der Waals surface area contributed by atoms with E-state index in [1.165, 1.54) is 0 Å². The molecule has 3 aromatic heterocycles. The molecule has 1 amide bonds. The van der Waals surface area contributed by atoms with Gasteiger partial charge in [0.15, 0.2) is 0 Å². The average Bonchev–Trinajstić information content (AvgIpc) is 3.44. The first-order valence-corrected chi connectivity index (χ1v) is 10.6. The van der Waals surface area contributed by atoms with Crippen LogP contribution in [0.2, 0.25) is 0 Å². The summed E-state index contributed by atoms with van der Waals surface area (Å²) in [6, 6.07) is 9.54. The number of nitrogens with zero attached hydrogens (tertiary/aromatic N) is 5. The molecule has 0 bridgehead atoms. The normalized spacial score (nSPS) is 16.9. The summed E-state index contributed by atoms with van der Waals surface area (Å²) >= 11 is 0. The molecule has 1 N–H and O–H groups in total. The highest BCUT2D eigenvalue weighted by molar-refractivity contribution is 5.85. The fourth-order valence-electron chi connectivity index (χ4n) is 4.07. The van der Waals surface area contributed by atoms with Crippen LogP contribution in [-0.2, 0) is 11.3 Å². The molecule has 8 heteroatoms. The maximum Gasteiger partial charge on any atom is 0.243 e. The summed E-state index contributed by atoms with van der Waals surface area (Å²) in [6.07, 6.45) is 12.5. The highest BCUT2D eigenvalue weighted by Crippen LogP contribution is 2.24. The molecule has 1 aromatic carbocycles. The van der Waals surface area contributed by atoms with E-state index in [9.17, 15) is 4.79 Å². The zero-order valence-electron chi connectivity index (χ0n) is 17.1. The van der Waals surface area contributed by atoms with E-state index in [1.807, 2.05) is 36.5 Å². The Balaban J connectivity index is 1.34. The van der Waals surface area contributed by atoms with Crippen molar-refractivity contribution in [1.82, 2.24) is 24.8 Å². The van der Waals surface area contributed by atoms with Gasteiger partial charge < -0.3 is 14.6 Å². The molecule has 31 heavy (non-hydrogen) atoms. The number of rotatable bonds is 5. The Hall–Kier alpha value is -3.68. The number of carbonyl (C=O) groups excluding carboxylic acids is 1. The van der Waals surface area contributed by atoms with Crippen molar-refractivity contribution in [2.24, 2.45) is 0 Å². The van der Waals surface area contributed by atoms with E-state index in [0.717, 1.165) is 54.6 Å². The summed E-state index contributed by atoms with van der Waals surface area (Å²) in [5.74, 6) is 1.33. The number of anilines is 1. The molecule has 5 rings (SSSR count). The number of aromatic nitrogens is 4. The molecule has 0 saturated carbocycles. The Bertz CT molecular complexity index is 1170. The average molecular weight is 416 g/mol. The predicted octanol–water partition coefficient (Wildman–Crippen LogP) is 3.47. The highest BCUT2D eigenvalue weighted by Gasteiger charge is 2.28. The van der Waals surface area contributed by atoms with Gasteiger partial charge in [0.1, 0.15) is 23.8 Å². The molecule has 158 valence electrons. The first-order chi connectivity index (χ1) is 15.3. The number of fused-ring (bicyclic) bond motifs is 1. The second-order valence-corrected chi connectivity index (χ2v) is 7.75. The molecule has 1 fully saturated rings. The maximum atomic E-state index is 13.2. The Morgan fingerprint density at radius 1 is 1.16 bits per heavy atom. The van der Waals surface area contributed by atoms with Gasteiger partial charge in [0, 0.05) is 37.1 Å². The van der Waals surface area contributed by atoms with Gasteiger partial charge in [-0.1, -0.05) is 25.0 Å². The van der Waals surface area contributed by atoms with Crippen molar-refractivity contribution in [3.63, 3.8) is 0 Å². The van der Waals surface area contributed by atoms with Crippen LogP contribution in [0.15, 0.2) is 65.9 Å². The molecule has 4 heterocycles. The standard InChI is InChI=1S/C23H24N6O2/c30-22(26-15-17-5-6-18-8-13-31-20(18)14-17)19-4-2-1-3-11-29(19)21-7-9-25-23(27-21)28-12-10-24-16-28/h5-10,12-14,16,19H,1-4,11,15H2,(H,26,30). The Labute approximate surface area is 179 Å². The number of carbonyl (C=O) groups is 1. The van der Waals surface area contributed by atoms with Crippen LogP contribution in [0.25, 0.3) is 16.9 Å². The van der Waals surface area contributed by atoms with Gasteiger partial charge in [-0.25, -0.2) is 9.97 Å². The summed E-state index contributed by atoms with van der Waals surface area (Å²) in [5.41, 5.74) is 1.84. The SMILES string of the molecule is O=C(NCc1ccc2ccoc2c1)C1CCCCCN1c1ccnc(-n2ccnc2)n1. The third-order valence-electron chi connectivity index (χ3n) is 5.70. The minimum Gasteiger partial charge on any atom is -0.464 e. The number of imidazole rings is 1. The molecule has 1 saturated heterocycles. The topological polar surface area (TPSA) is 89.1 Å². The van der Waals surface area contributed by atoms with Gasteiger partial charge in [0.05, 0.1) is 6.26 Å². The molecule has 4 aromatic rings. The summed E-state index contributed by atoms with van der Waals surface area (Å²) in [4.78, 5) is 28.4. The molecule has 1 aliphatic rings. The smallest absolute Gasteiger partial charge is 0.243 e. The molecule has 1 atom stereocenters. The molecular weight excluding hydrogens is 392 g/mol. The summed E-state index contributed by atoms with van der Waals surface area (Å²) in [7, 11) is 0. The van der Waals surface area contributed by atoms with Crippen molar-refractivity contribution >= 4 is 22.7 Å². The maximum absolute atomic E-state index is 13.2. The van der Waals surface area contributed by atoms with Gasteiger partial charge in [0.2, 0.25) is 11.9 Å². The molecule has 0 radical (unpaired) electrons. The van der Waals surface area contributed by atoms with E-state index in [4.69, 9.17) is 9.40 Å². The Morgan fingerprint density at radius 3 is 3.03 bits per heavy atom. The number of hydrogen-bond acceptors (Lipinski definition) is 6. The van der Waals surface area contributed by atoms with Crippen molar-refractivity contribution in [3.8, 4) is 5.95 Å². The Kier molecular flexibility index (Phi) is 5.35. The van der Waals surface area contributed by atoms with E-state index in [0.29, 0.717) is 12.5 Å².